The number of fused-ring (bicyclic) bond motifs is 4. The van der Waals surface area contributed by atoms with Gasteiger partial charge in [0.1, 0.15) is 23.2 Å². The fraction of sp³-hybridized carbons (Fsp3) is 0.714. The number of methoxy groups -OCH3 is 1. The second kappa shape index (κ2) is 7.66. The third-order valence-electron chi connectivity index (χ3n) is 5.93. The van der Waals surface area contributed by atoms with Gasteiger partial charge in [-0.1, -0.05) is 13.8 Å². The number of hydrogen-bond donors (Lipinski definition) is 1. The maximum atomic E-state index is 12.2. The highest BCUT2D eigenvalue weighted by molar-refractivity contribution is 5.90. The molecule has 0 aliphatic carbocycles. The van der Waals surface area contributed by atoms with E-state index in [1.807, 2.05) is 0 Å². The SMILES string of the molecule is COC(=O)c1cc2oc1C[C@@H](C(C)C)CCC1C[C@@H](C[C@](C)(O)C2)OC1=O. The molecule has 1 fully saturated rings. The summed E-state index contributed by atoms with van der Waals surface area (Å²) in [5.41, 5.74) is -0.658. The second-order valence-electron chi connectivity index (χ2n) is 8.70. The molecule has 6 nitrogen and oxygen atoms in total. The maximum absolute atomic E-state index is 12.2. The van der Waals surface area contributed by atoms with Crippen molar-refractivity contribution in [1.82, 2.24) is 0 Å². The quantitative estimate of drug-likeness (QED) is 0.795. The first-order chi connectivity index (χ1) is 12.7. The molecule has 6 heteroatoms. The van der Waals surface area contributed by atoms with Crippen molar-refractivity contribution in [1.29, 1.82) is 0 Å². The van der Waals surface area contributed by atoms with Gasteiger partial charge in [-0.3, -0.25) is 4.79 Å². The van der Waals surface area contributed by atoms with Gasteiger partial charge in [-0.25, -0.2) is 4.79 Å². The summed E-state index contributed by atoms with van der Waals surface area (Å²) in [6, 6.07) is 1.68. The summed E-state index contributed by atoms with van der Waals surface area (Å²) in [5, 5.41) is 10.8. The van der Waals surface area contributed by atoms with Gasteiger partial charge in [0.05, 0.1) is 18.6 Å². The Morgan fingerprint density at radius 3 is 2.78 bits per heavy atom. The number of carbonyl (C=O) groups excluding carboxylic acids is 2. The molecule has 3 rings (SSSR count). The van der Waals surface area contributed by atoms with Crippen LogP contribution in [-0.2, 0) is 27.1 Å². The number of carbonyl (C=O) groups is 2. The van der Waals surface area contributed by atoms with E-state index in [1.54, 1.807) is 13.0 Å². The van der Waals surface area contributed by atoms with Crippen LogP contribution in [0.1, 0.15) is 68.3 Å². The minimum absolute atomic E-state index is 0.112. The van der Waals surface area contributed by atoms with Gasteiger partial charge < -0.3 is 19.0 Å². The van der Waals surface area contributed by atoms with Gasteiger partial charge in [0.2, 0.25) is 0 Å². The second-order valence-corrected chi connectivity index (χ2v) is 8.70. The van der Waals surface area contributed by atoms with Crippen LogP contribution in [0.3, 0.4) is 0 Å². The molecule has 1 unspecified atom stereocenters. The van der Waals surface area contributed by atoms with E-state index in [0.717, 1.165) is 12.8 Å². The fourth-order valence-electron chi connectivity index (χ4n) is 4.35. The monoisotopic (exact) mass is 378 g/mol. The molecule has 3 heterocycles. The van der Waals surface area contributed by atoms with E-state index in [0.29, 0.717) is 42.3 Å². The van der Waals surface area contributed by atoms with E-state index in [1.165, 1.54) is 7.11 Å². The average Bonchev–Trinajstić information content (AvgIpc) is 3.11. The normalized spacial score (nSPS) is 31.6. The average molecular weight is 378 g/mol. The molecule has 150 valence electrons. The highest BCUT2D eigenvalue weighted by Gasteiger charge is 2.39. The number of aliphatic hydroxyl groups is 1. The van der Waals surface area contributed by atoms with Crippen molar-refractivity contribution in [2.45, 2.75) is 71.0 Å². The van der Waals surface area contributed by atoms with E-state index in [-0.39, 0.29) is 30.3 Å². The molecule has 0 radical (unpaired) electrons. The van der Waals surface area contributed by atoms with E-state index >= 15 is 0 Å². The Balaban J connectivity index is 1.96. The van der Waals surface area contributed by atoms with Crippen LogP contribution in [-0.4, -0.2) is 35.9 Å². The van der Waals surface area contributed by atoms with Crippen molar-refractivity contribution in [3.63, 3.8) is 0 Å². The zero-order valence-corrected chi connectivity index (χ0v) is 16.6. The first kappa shape index (κ1) is 19.9. The van der Waals surface area contributed by atoms with Gasteiger partial charge >= 0.3 is 11.9 Å². The summed E-state index contributed by atoms with van der Waals surface area (Å²) in [6.45, 7) is 6.00. The van der Waals surface area contributed by atoms with Crippen LogP contribution in [0.15, 0.2) is 10.5 Å². The molecule has 4 atom stereocenters. The maximum Gasteiger partial charge on any atom is 0.341 e. The molecule has 2 aliphatic heterocycles. The zero-order chi connectivity index (χ0) is 19.8. The van der Waals surface area contributed by atoms with Gasteiger partial charge in [-0.2, -0.15) is 0 Å². The molecule has 0 saturated carbocycles. The lowest BCUT2D eigenvalue weighted by Gasteiger charge is -2.24. The van der Waals surface area contributed by atoms with Crippen LogP contribution in [0.4, 0.5) is 0 Å². The molecular formula is C21H30O6. The molecule has 1 N–H and O–H groups in total. The lowest BCUT2D eigenvalue weighted by molar-refractivity contribution is -0.146. The molecular weight excluding hydrogens is 348 g/mol. The Hall–Kier alpha value is -1.82. The molecule has 0 aromatic carbocycles. The Kier molecular flexibility index (Phi) is 5.65. The molecule has 2 aliphatic rings. The number of ether oxygens (including phenoxy) is 2. The number of furan rings is 1. The molecule has 0 spiro atoms. The molecule has 1 aromatic rings. The van der Waals surface area contributed by atoms with Gasteiger partial charge in [-0.15, -0.1) is 0 Å². The summed E-state index contributed by atoms with van der Waals surface area (Å²) in [6.07, 6.45) is 3.21. The number of hydrogen-bond acceptors (Lipinski definition) is 6. The highest BCUT2D eigenvalue weighted by Crippen LogP contribution is 2.36. The summed E-state index contributed by atoms with van der Waals surface area (Å²) in [7, 11) is 1.36. The van der Waals surface area contributed by atoms with Crippen molar-refractivity contribution in [3.05, 3.63) is 23.2 Å². The van der Waals surface area contributed by atoms with Crippen molar-refractivity contribution < 1.29 is 28.6 Å². The van der Waals surface area contributed by atoms with Crippen LogP contribution in [0.2, 0.25) is 0 Å². The topological polar surface area (TPSA) is 86.0 Å². The molecule has 0 amide bonds. The Bertz CT molecular complexity index is 702. The van der Waals surface area contributed by atoms with Crippen LogP contribution in [0, 0.1) is 17.8 Å². The van der Waals surface area contributed by atoms with E-state index in [9.17, 15) is 14.7 Å². The Labute approximate surface area is 160 Å². The van der Waals surface area contributed by atoms with E-state index < -0.39 is 11.6 Å². The number of esters is 2. The standard InChI is InChI=1S/C21H30O6/c1-12(2)13-5-6-14-7-15(27-19(14)22)10-21(3,24)11-16-9-17(20(23)25-4)18(8-13)26-16/h9,12-15,24H,5-8,10-11H2,1-4H3/t13-,14?,15-,21-/m0/s1. The molecule has 27 heavy (non-hydrogen) atoms. The minimum atomic E-state index is -1.09. The van der Waals surface area contributed by atoms with Crippen LogP contribution >= 0.6 is 0 Å². The molecule has 1 saturated heterocycles. The van der Waals surface area contributed by atoms with Crippen LogP contribution in [0.5, 0.6) is 0 Å². The largest absolute Gasteiger partial charge is 0.465 e. The third kappa shape index (κ3) is 4.54. The van der Waals surface area contributed by atoms with E-state index in [2.05, 4.69) is 13.8 Å². The zero-order valence-electron chi connectivity index (χ0n) is 16.6. The summed E-state index contributed by atoms with van der Waals surface area (Å²) in [4.78, 5) is 24.4. The molecule has 1 aromatic heterocycles. The van der Waals surface area contributed by atoms with Gasteiger partial charge in [0.15, 0.2) is 0 Å². The predicted molar refractivity (Wildman–Crippen MR) is 98.2 cm³/mol. The van der Waals surface area contributed by atoms with Gasteiger partial charge in [0, 0.05) is 19.3 Å². The number of rotatable bonds is 2. The third-order valence-corrected chi connectivity index (χ3v) is 5.93. The smallest absolute Gasteiger partial charge is 0.341 e. The van der Waals surface area contributed by atoms with Crippen molar-refractivity contribution >= 4 is 11.9 Å². The fourth-order valence-corrected chi connectivity index (χ4v) is 4.35. The first-order valence-electron chi connectivity index (χ1n) is 9.81. The Morgan fingerprint density at radius 2 is 2.11 bits per heavy atom. The predicted octanol–water partition coefficient (Wildman–Crippen LogP) is 3.29. The van der Waals surface area contributed by atoms with Crippen molar-refractivity contribution in [2.24, 2.45) is 17.8 Å². The van der Waals surface area contributed by atoms with Crippen LogP contribution in [0.25, 0.3) is 0 Å². The van der Waals surface area contributed by atoms with Crippen LogP contribution < -0.4 is 0 Å². The lowest BCUT2D eigenvalue weighted by atomic mass is 9.83. The lowest BCUT2D eigenvalue weighted by Crippen LogP contribution is -2.32. The summed E-state index contributed by atoms with van der Waals surface area (Å²) >= 11 is 0. The van der Waals surface area contributed by atoms with Crippen molar-refractivity contribution in [3.8, 4) is 0 Å². The van der Waals surface area contributed by atoms with Gasteiger partial charge in [0.25, 0.3) is 0 Å². The van der Waals surface area contributed by atoms with Crippen molar-refractivity contribution in [2.75, 3.05) is 7.11 Å². The Morgan fingerprint density at radius 1 is 1.37 bits per heavy atom. The first-order valence-corrected chi connectivity index (χ1v) is 9.81. The summed E-state index contributed by atoms with van der Waals surface area (Å²) < 4.78 is 16.4. The summed E-state index contributed by atoms with van der Waals surface area (Å²) in [5.74, 6) is 1.14. The van der Waals surface area contributed by atoms with E-state index in [4.69, 9.17) is 13.9 Å². The molecule has 4 bridgehead atoms. The highest BCUT2D eigenvalue weighted by atomic mass is 16.6. The van der Waals surface area contributed by atoms with Gasteiger partial charge in [-0.05, 0) is 44.1 Å². The minimum Gasteiger partial charge on any atom is -0.465 e.